The molecule has 0 saturated carbocycles. The molecule has 0 radical (unpaired) electrons. The number of nitrogens with zero attached hydrogens (tertiary/aromatic N) is 3. The Morgan fingerprint density at radius 2 is 2.00 bits per heavy atom. The van der Waals surface area contributed by atoms with E-state index in [2.05, 4.69) is 48.4 Å². The SMILES string of the molecule is CCNc1nc(-c2ccc(SCC)cc2)cn2ccnc12. The molecule has 0 spiro atoms. The Morgan fingerprint density at radius 3 is 2.71 bits per heavy atom. The first kappa shape index (κ1) is 13.9. The van der Waals surface area contributed by atoms with Gasteiger partial charge in [-0.2, -0.15) is 0 Å². The summed E-state index contributed by atoms with van der Waals surface area (Å²) in [6.45, 7) is 5.05. The Bertz CT molecular complexity index is 734. The third-order valence-electron chi connectivity index (χ3n) is 3.18. The summed E-state index contributed by atoms with van der Waals surface area (Å²) in [5.74, 6) is 1.91. The van der Waals surface area contributed by atoms with E-state index in [-0.39, 0.29) is 0 Å². The molecule has 0 unspecified atom stereocenters. The van der Waals surface area contributed by atoms with Crippen LogP contribution in [0.5, 0.6) is 0 Å². The topological polar surface area (TPSA) is 42.2 Å². The van der Waals surface area contributed by atoms with Crippen LogP contribution in [0.25, 0.3) is 16.9 Å². The fraction of sp³-hybridized carbons (Fsp3) is 0.250. The predicted molar refractivity (Wildman–Crippen MR) is 89.0 cm³/mol. The van der Waals surface area contributed by atoms with Crippen LogP contribution in [0, 0.1) is 0 Å². The van der Waals surface area contributed by atoms with Crippen LogP contribution < -0.4 is 5.32 Å². The number of imidazole rings is 1. The zero-order valence-electron chi connectivity index (χ0n) is 12.2. The summed E-state index contributed by atoms with van der Waals surface area (Å²) < 4.78 is 2.01. The van der Waals surface area contributed by atoms with Crippen molar-refractivity contribution in [3.8, 4) is 11.3 Å². The minimum Gasteiger partial charge on any atom is -0.367 e. The molecule has 0 amide bonds. The highest BCUT2D eigenvalue weighted by atomic mass is 32.2. The van der Waals surface area contributed by atoms with Gasteiger partial charge in [0.2, 0.25) is 0 Å². The first-order chi connectivity index (χ1) is 10.3. The maximum atomic E-state index is 4.71. The minimum atomic E-state index is 0.824. The zero-order valence-corrected chi connectivity index (χ0v) is 13.0. The van der Waals surface area contributed by atoms with Gasteiger partial charge in [-0.3, -0.25) is 0 Å². The average molecular weight is 298 g/mol. The summed E-state index contributed by atoms with van der Waals surface area (Å²) in [4.78, 5) is 10.3. The molecule has 0 saturated heterocycles. The van der Waals surface area contributed by atoms with Crippen molar-refractivity contribution in [1.29, 1.82) is 0 Å². The van der Waals surface area contributed by atoms with E-state index in [1.807, 2.05) is 28.6 Å². The number of fused-ring (bicyclic) bond motifs is 1. The van der Waals surface area contributed by atoms with Gasteiger partial charge in [-0.1, -0.05) is 19.1 Å². The molecule has 1 N–H and O–H groups in total. The number of nitrogens with one attached hydrogen (secondary N) is 1. The van der Waals surface area contributed by atoms with Gasteiger partial charge in [0, 0.05) is 35.6 Å². The van der Waals surface area contributed by atoms with E-state index in [9.17, 15) is 0 Å². The van der Waals surface area contributed by atoms with Crippen LogP contribution in [-0.2, 0) is 0 Å². The zero-order chi connectivity index (χ0) is 14.7. The second-order valence-corrected chi connectivity index (χ2v) is 5.96. The molecule has 0 aliphatic rings. The van der Waals surface area contributed by atoms with E-state index in [1.165, 1.54) is 4.90 Å². The van der Waals surface area contributed by atoms with Gasteiger partial charge in [0.25, 0.3) is 0 Å². The number of anilines is 1. The van der Waals surface area contributed by atoms with Gasteiger partial charge < -0.3 is 9.72 Å². The standard InChI is InChI=1S/C16H18N4S/c1-3-17-15-16-18-9-10-20(16)11-14(19-15)12-5-7-13(8-6-12)21-4-2/h5-11H,3-4H2,1-2H3,(H,17,19). The van der Waals surface area contributed by atoms with Crippen molar-refractivity contribution in [3.63, 3.8) is 0 Å². The van der Waals surface area contributed by atoms with Crippen molar-refractivity contribution in [1.82, 2.24) is 14.4 Å². The molecule has 5 heteroatoms. The molecule has 3 aromatic rings. The molecule has 108 valence electrons. The van der Waals surface area contributed by atoms with Crippen molar-refractivity contribution in [3.05, 3.63) is 42.9 Å². The lowest BCUT2D eigenvalue weighted by atomic mass is 10.1. The quantitative estimate of drug-likeness (QED) is 0.724. The van der Waals surface area contributed by atoms with Gasteiger partial charge in [-0.15, -0.1) is 11.8 Å². The van der Waals surface area contributed by atoms with Gasteiger partial charge in [0.1, 0.15) is 0 Å². The third kappa shape index (κ3) is 2.88. The molecule has 1 aromatic carbocycles. The van der Waals surface area contributed by atoms with Gasteiger partial charge in [0.05, 0.1) is 5.69 Å². The van der Waals surface area contributed by atoms with Crippen molar-refractivity contribution in [2.45, 2.75) is 18.7 Å². The smallest absolute Gasteiger partial charge is 0.180 e. The third-order valence-corrected chi connectivity index (χ3v) is 4.07. The Morgan fingerprint density at radius 1 is 1.19 bits per heavy atom. The Balaban J connectivity index is 2.02. The first-order valence-corrected chi connectivity index (χ1v) is 8.11. The van der Waals surface area contributed by atoms with Crippen LogP contribution in [0.4, 0.5) is 5.82 Å². The molecular weight excluding hydrogens is 280 g/mol. The fourth-order valence-electron chi connectivity index (χ4n) is 2.25. The highest BCUT2D eigenvalue weighted by molar-refractivity contribution is 7.99. The highest BCUT2D eigenvalue weighted by Crippen LogP contribution is 2.25. The van der Waals surface area contributed by atoms with Gasteiger partial charge in [-0.25, -0.2) is 9.97 Å². The van der Waals surface area contributed by atoms with E-state index in [0.717, 1.165) is 35.0 Å². The Kier molecular flexibility index (Phi) is 4.10. The van der Waals surface area contributed by atoms with Gasteiger partial charge in [0.15, 0.2) is 11.5 Å². The lowest BCUT2D eigenvalue weighted by molar-refractivity contribution is 1.09. The summed E-state index contributed by atoms with van der Waals surface area (Å²) in [6.07, 6.45) is 5.76. The number of hydrogen-bond donors (Lipinski definition) is 1. The maximum absolute atomic E-state index is 4.71. The fourth-order valence-corrected chi connectivity index (χ4v) is 2.91. The van der Waals surface area contributed by atoms with Crippen LogP contribution >= 0.6 is 11.8 Å². The summed E-state index contributed by atoms with van der Waals surface area (Å²) in [7, 11) is 0. The van der Waals surface area contributed by atoms with Crippen molar-refractivity contribution in [2.24, 2.45) is 0 Å². The molecule has 0 bridgehead atoms. The highest BCUT2D eigenvalue weighted by Gasteiger charge is 2.08. The van der Waals surface area contributed by atoms with E-state index >= 15 is 0 Å². The van der Waals surface area contributed by atoms with Crippen LogP contribution in [0.3, 0.4) is 0 Å². The molecule has 2 aromatic heterocycles. The normalized spacial score (nSPS) is 11.0. The van der Waals surface area contributed by atoms with Crippen LogP contribution in [0.2, 0.25) is 0 Å². The van der Waals surface area contributed by atoms with Crippen LogP contribution in [0.1, 0.15) is 13.8 Å². The van der Waals surface area contributed by atoms with Crippen LogP contribution in [-0.4, -0.2) is 26.7 Å². The number of benzene rings is 1. The van der Waals surface area contributed by atoms with Crippen molar-refractivity contribution < 1.29 is 0 Å². The first-order valence-electron chi connectivity index (χ1n) is 7.12. The molecular formula is C16H18N4S. The molecule has 0 atom stereocenters. The molecule has 0 aliphatic heterocycles. The van der Waals surface area contributed by atoms with Gasteiger partial charge in [-0.05, 0) is 24.8 Å². The second kappa shape index (κ2) is 6.18. The molecule has 3 rings (SSSR count). The van der Waals surface area contributed by atoms with E-state index < -0.39 is 0 Å². The lowest BCUT2D eigenvalue weighted by Gasteiger charge is -2.09. The Hall–Kier alpha value is -2.01. The van der Waals surface area contributed by atoms with Crippen molar-refractivity contribution in [2.75, 3.05) is 17.6 Å². The monoisotopic (exact) mass is 298 g/mol. The lowest BCUT2D eigenvalue weighted by Crippen LogP contribution is -2.03. The minimum absolute atomic E-state index is 0.824. The molecule has 21 heavy (non-hydrogen) atoms. The molecule has 0 fully saturated rings. The number of hydrogen-bond acceptors (Lipinski definition) is 4. The van der Waals surface area contributed by atoms with Crippen LogP contribution in [0.15, 0.2) is 47.8 Å². The molecule has 2 heterocycles. The average Bonchev–Trinajstić information content (AvgIpc) is 2.97. The summed E-state index contributed by atoms with van der Waals surface area (Å²) >= 11 is 1.85. The summed E-state index contributed by atoms with van der Waals surface area (Å²) in [6, 6.07) is 8.55. The molecule has 4 nitrogen and oxygen atoms in total. The summed E-state index contributed by atoms with van der Waals surface area (Å²) in [5.41, 5.74) is 2.92. The van der Waals surface area contributed by atoms with Gasteiger partial charge >= 0.3 is 0 Å². The number of aromatic nitrogens is 3. The molecule has 0 aliphatic carbocycles. The van der Waals surface area contributed by atoms with Crippen molar-refractivity contribution >= 4 is 23.2 Å². The second-order valence-electron chi connectivity index (χ2n) is 4.62. The Labute approximate surface area is 128 Å². The largest absolute Gasteiger partial charge is 0.367 e. The maximum Gasteiger partial charge on any atom is 0.180 e. The number of rotatable bonds is 5. The summed E-state index contributed by atoms with van der Waals surface area (Å²) in [5, 5.41) is 3.28. The number of thioether (sulfide) groups is 1. The van der Waals surface area contributed by atoms with E-state index in [4.69, 9.17) is 4.98 Å². The van der Waals surface area contributed by atoms with E-state index in [0.29, 0.717) is 0 Å². The predicted octanol–water partition coefficient (Wildman–Crippen LogP) is 3.94. The van der Waals surface area contributed by atoms with E-state index in [1.54, 1.807) is 6.20 Å².